The molecule has 0 bridgehead atoms. The second kappa shape index (κ2) is 13.9. The highest BCUT2D eigenvalue weighted by molar-refractivity contribution is 5.85. The molecule has 1 atom stereocenters. The minimum atomic E-state index is 0. The summed E-state index contributed by atoms with van der Waals surface area (Å²) in [5, 5.41) is 6.36. The number of carbonyl (C=O) groups excluding carboxylic acids is 1. The molecule has 0 spiro atoms. The van der Waals surface area contributed by atoms with Crippen molar-refractivity contribution in [1.82, 2.24) is 15.5 Å². The van der Waals surface area contributed by atoms with Gasteiger partial charge in [0, 0.05) is 19.0 Å². The molecule has 1 saturated heterocycles. The zero-order chi connectivity index (χ0) is 13.2. The largest absolute Gasteiger partial charge is 0.352 e. The molecule has 0 aromatic heterocycles. The minimum absolute atomic E-state index is 0. The van der Waals surface area contributed by atoms with E-state index in [1.54, 1.807) is 0 Å². The molecule has 0 aromatic rings. The first-order chi connectivity index (χ1) is 8.76. The first-order valence-electron chi connectivity index (χ1n) is 7.48. The molecule has 1 unspecified atom stereocenters. The number of amides is 1. The van der Waals surface area contributed by atoms with E-state index in [0.29, 0.717) is 12.5 Å². The predicted molar refractivity (Wildman–Crippen MR) is 90.2 cm³/mol. The molecule has 1 fully saturated rings. The van der Waals surface area contributed by atoms with Gasteiger partial charge < -0.3 is 15.5 Å². The zero-order valence-corrected chi connectivity index (χ0v) is 14.5. The third-order valence-corrected chi connectivity index (χ3v) is 3.38. The van der Waals surface area contributed by atoms with Crippen LogP contribution in [0, 0.1) is 0 Å². The monoisotopic (exact) mass is 327 g/mol. The van der Waals surface area contributed by atoms with Gasteiger partial charge in [-0.2, -0.15) is 0 Å². The summed E-state index contributed by atoms with van der Waals surface area (Å²) < 4.78 is 0. The number of hydrogen-bond donors (Lipinski definition) is 2. The molecule has 4 nitrogen and oxygen atoms in total. The van der Waals surface area contributed by atoms with Crippen molar-refractivity contribution in [1.29, 1.82) is 0 Å². The Morgan fingerprint density at radius 3 is 2.35 bits per heavy atom. The maximum absolute atomic E-state index is 11.7. The van der Waals surface area contributed by atoms with Crippen LogP contribution in [-0.2, 0) is 4.79 Å². The summed E-state index contributed by atoms with van der Waals surface area (Å²) in [5.74, 6) is 0.219. The molecule has 122 valence electrons. The van der Waals surface area contributed by atoms with E-state index < -0.39 is 0 Å². The van der Waals surface area contributed by atoms with Crippen LogP contribution in [0.3, 0.4) is 0 Å². The second-order valence-electron chi connectivity index (χ2n) is 5.20. The van der Waals surface area contributed by atoms with Crippen LogP contribution in [0.15, 0.2) is 0 Å². The summed E-state index contributed by atoms with van der Waals surface area (Å²) in [7, 11) is 0. The average molecular weight is 328 g/mol. The standard InChI is InChI=1S/C14H29N3O.2ClH/c1-3-9-17(10-4-2)11-5-6-14(18)16-13-7-8-15-12-13;;/h13,15H,3-12H2,1-2H3,(H,16,18);2*1H. The molecule has 0 aliphatic carbocycles. The lowest BCUT2D eigenvalue weighted by Gasteiger charge is -2.20. The van der Waals surface area contributed by atoms with Gasteiger partial charge in [-0.25, -0.2) is 0 Å². The first-order valence-corrected chi connectivity index (χ1v) is 7.48. The van der Waals surface area contributed by atoms with Gasteiger partial charge >= 0.3 is 0 Å². The number of rotatable bonds is 9. The summed E-state index contributed by atoms with van der Waals surface area (Å²) in [5.41, 5.74) is 0. The third kappa shape index (κ3) is 9.81. The lowest BCUT2D eigenvalue weighted by molar-refractivity contribution is -0.121. The maximum Gasteiger partial charge on any atom is 0.220 e. The van der Waals surface area contributed by atoms with E-state index in [4.69, 9.17) is 0 Å². The van der Waals surface area contributed by atoms with Crippen molar-refractivity contribution in [3.63, 3.8) is 0 Å². The lowest BCUT2D eigenvalue weighted by Crippen LogP contribution is -2.36. The van der Waals surface area contributed by atoms with Crippen molar-refractivity contribution in [3.05, 3.63) is 0 Å². The van der Waals surface area contributed by atoms with Crippen LogP contribution in [0.25, 0.3) is 0 Å². The normalized spacial score (nSPS) is 17.4. The molecule has 1 aliphatic heterocycles. The van der Waals surface area contributed by atoms with Crippen molar-refractivity contribution in [2.45, 2.75) is 52.0 Å². The van der Waals surface area contributed by atoms with Crippen molar-refractivity contribution in [2.75, 3.05) is 32.7 Å². The Morgan fingerprint density at radius 1 is 1.20 bits per heavy atom. The zero-order valence-electron chi connectivity index (χ0n) is 12.8. The van der Waals surface area contributed by atoms with Crippen molar-refractivity contribution in [2.24, 2.45) is 0 Å². The Morgan fingerprint density at radius 2 is 1.85 bits per heavy atom. The van der Waals surface area contributed by atoms with E-state index in [9.17, 15) is 4.79 Å². The third-order valence-electron chi connectivity index (χ3n) is 3.38. The minimum Gasteiger partial charge on any atom is -0.352 e. The smallest absolute Gasteiger partial charge is 0.220 e. The van der Waals surface area contributed by atoms with Gasteiger partial charge in [0.1, 0.15) is 0 Å². The molecule has 0 radical (unpaired) electrons. The highest BCUT2D eigenvalue weighted by Crippen LogP contribution is 2.01. The number of carbonyl (C=O) groups is 1. The van der Waals surface area contributed by atoms with Crippen LogP contribution in [0.4, 0.5) is 0 Å². The van der Waals surface area contributed by atoms with E-state index in [1.807, 2.05) is 0 Å². The molecule has 1 heterocycles. The molecule has 2 N–H and O–H groups in total. The van der Waals surface area contributed by atoms with Gasteiger partial charge in [0.25, 0.3) is 0 Å². The number of hydrogen-bond acceptors (Lipinski definition) is 3. The first kappa shape index (κ1) is 22.3. The molecule has 6 heteroatoms. The predicted octanol–water partition coefficient (Wildman–Crippen LogP) is 2.21. The van der Waals surface area contributed by atoms with Crippen LogP contribution in [0.2, 0.25) is 0 Å². The van der Waals surface area contributed by atoms with Crippen molar-refractivity contribution in [3.8, 4) is 0 Å². The van der Waals surface area contributed by atoms with Crippen LogP contribution >= 0.6 is 24.8 Å². The molecule has 1 amide bonds. The Hall–Kier alpha value is -0.0300. The van der Waals surface area contributed by atoms with E-state index in [1.165, 1.54) is 12.8 Å². The molecule has 1 rings (SSSR count). The van der Waals surface area contributed by atoms with E-state index >= 15 is 0 Å². The Kier molecular flexibility index (Phi) is 15.5. The molecule has 0 aromatic carbocycles. The topological polar surface area (TPSA) is 44.4 Å². The van der Waals surface area contributed by atoms with E-state index in [-0.39, 0.29) is 30.7 Å². The molecular formula is C14H31Cl2N3O. The van der Waals surface area contributed by atoms with Gasteiger partial charge in [-0.05, 0) is 51.9 Å². The Balaban J connectivity index is 0. The van der Waals surface area contributed by atoms with Crippen molar-refractivity contribution >= 4 is 30.7 Å². The fourth-order valence-electron chi connectivity index (χ4n) is 2.51. The fraction of sp³-hybridized carbons (Fsp3) is 0.929. The second-order valence-corrected chi connectivity index (χ2v) is 5.20. The lowest BCUT2D eigenvalue weighted by atomic mass is 10.2. The van der Waals surface area contributed by atoms with Gasteiger partial charge in [0.2, 0.25) is 5.91 Å². The Bertz CT molecular complexity index is 230. The highest BCUT2D eigenvalue weighted by atomic mass is 35.5. The molecular weight excluding hydrogens is 297 g/mol. The van der Waals surface area contributed by atoms with Gasteiger partial charge in [-0.15, -0.1) is 24.8 Å². The quantitative estimate of drug-likeness (QED) is 0.682. The summed E-state index contributed by atoms with van der Waals surface area (Å²) in [6.45, 7) is 9.75. The number of nitrogens with one attached hydrogen (secondary N) is 2. The van der Waals surface area contributed by atoms with Gasteiger partial charge in [0.15, 0.2) is 0 Å². The van der Waals surface area contributed by atoms with E-state index in [0.717, 1.165) is 45.6 Å². The average Bonchev–Trinajstić information content (AvgIpc) is 2.82. The molecule has 0 saturated carbocycles. The van der Waals surface area contributed by atoms with Crippen molar-refractivity contribution < 1.29 is 4.79 Å². The van der Waals surface area contributed by atoms with E-state index in [2.05, 4.69) is 29.4 Å². The van der Waals surface area contributed by atoms with Crippen LogP contribution < -0.4 is 10.6 Å². The summed E-state index contributed by atoms with van der Waals surface area (Å²) in [6.07, 6.45) is 5.11. The van der Waals surface area contributed by atoms with Gasteiger partial charge in [0.05, 0.1) is 0 Å². The van der Waals surface area contributed by atoms with Gasteiger partial charge in [-0.3, -0.25) is 4.79 Å². The number of nitrogens with zero attached hydrogens (tertiary/aromatic N) is 1. The van der Waals surface area contributed by atoms with Crippen LogP contribution in [-0.4, -0.2) is 49.6 Å². The SMILES string of the molecule is CCCN(CCC)CCCC(=O)NC1CCNC1.Cl.Cl. The summed E-state index contributed by atoms with van der Waals surface area (Å²) in [6, 6.07) is 0.361. The fourth-order valence-corrected chi connectivity index (χ4v) is 2.51. The Labute approximate surface area is 136 Å². The summed E-state index contributed by atoms with van der Waals surface area (Å²) in [4.78, 5) is 14.2. The maximum atomic E-state index is 11.7. The summed E-state index contributed by atoms with van der Waals surface area (Å²) >= 11 is 0. The number of halogens is 2. The molecule has 20 heavy (non-hydrogen) atoms. The highest BCUT2D eigenvalue weighted by Gasteiger charge is 2.16. The van der Waals surface area contributed by atoms with Crippen LogP contribution in [0.1, 0.15) is 46.0 Å². The molecule has 1 aliphatic rings. The van der Waals surface area contributed by atoms with Crippen LogP contribution in [0.5, 0.6) is 0 Å². The van der Waals surface area contributed by atoms with Gasteiger partial charge in [-0.1, -0.05) is 13.8 Å².